The van der Waals surface area contributed by atoms with Gasteiger partial charge in [0.2, 0.25) is 0 Å². The minimum absolute atomic E-state index is 0.251. The SMILES string of the molecule is CC1CNCCN1c1ccc(Nc2cc(Cl)nn(C)c2=O)nc1. The van der Waals surface area contributed by atoms with E-state index in [4.69, 9.17) is 11.6 Å². The van der Waals surface area contributed by atoms with Gasteiger partial charge in [0.1, 0.15) is 11.5 Å². The largest absolute Gasteiger partial charge is 0.365 e. The van der Waals surface area contributed by atoms with Crippen LogP contribution in [0.5, 0.6) is 0 Å². The Morgan fingerprint density at radius 1 is 1.43 bits per heavy atom. The maximum absolute atomic E-state index is 12.0. The molecular weight excluding hydrogens is 316 g/mol. The van der Waals surface area contributed by atoms with Gasteiger partial charge in [0, 0.05) is 38.8 Å². The van der Waals surface area contributed by atoms with E-state index in [2.05, 4.69) is 32.5 Å². The number of aromatic nitrogens is 3. The number of piperazine rings is 1. The molecule has 1 aliphatic heterocycles. The zero-order valence-electron chi connectivity index (χ0n) is 13.1. The second-order valence-corrected chi connectivity index (χ2v) is 5.97. The maximum Gasteiger partial charge on any atom is 0.290 e. The van der Waals surface area contributed by atoms with Crippen molar-refractivity contribution in [1.82, 2.24) is 20.1 Å². The molecule has 0 spiro atoms. The lowest BCUT2D eigenvalue weighted by Crippen LogP contribution is -2.49. The molecule has 1 saturated heterocycles. The summed E-state index contributed by atoms with van der Waals surface area (Å²) in [5.74, 6) is 0.593. The molecule has 2 N–H and O–H groups in total. The second-order valence-electron chi connectivity index (χ2n) is 5.58. The standard InChI is InChI=1S/C15H19ClN6O/c1-10-8-17-5-6-22(10)11-3-4-14(18-9-11)19-12-7-13(16)20-21(2)15(12)23/h3-4,7,9-10,17H,5-6,8H2,1-2H3,(H,18,19). The van der Waals surface area contributed by atoms with Crippen molar-refractivity contribution < 1.29 is 0 Å². The highest BCUT2D eigenvalue weighted by Gasteiger charge is 2.18. The molecule has 1 atom stereocenters. The third kappa shape index (κ3) is 3.46. The molecule has 7 nitrogen and oxygen atoms in total. The topological polar surface area (TPSA) is 75.1 Å². The molecule has 1 unspecified atom stereocenters. The van der Waals surface area contributed by atoms with E-state index in [1.807, 2.05) is 18.3 Å². The van der Waals surface area contributed by atoms with Crippen molar-refractivity contribution in [3.63, 3.8) is 0 Å². The quantitative estimate of drug-likeness (QED) is 0.883. The minimum atomic E-state index is -0.254. The van der Waals surface area contributed by atoms with E-state index < -0.39 is 0 Å². The van der Waals surface area contributed by atoms with Crippen LogP contribution in [0.25, 0.3) is 0 Å². The lowest BCUT2D eigenvalue weighted by Gasteiger charge is -2.35. The maximum atomic E-state index is 12.0. The predicted molar refractivity (Wildman–Crippen MR) is 91.7 cm³/mol. The molecular formula is C15H19ClN6O. The van der Waals surface area contributed by atoms with Crippen LogP contribution in [0.4, 0.5) is 17.2 Å². The van der Waals surface area contributed by atoms with Crippen molar-refractivity contribution in [3.8, 4) is 0 Å². The number of nitrogens with one attached hydrogen (secondary N) is 2. The number of pyridine rings is 1. The highest BCUT2D eigenvalue weighted by molar-refractivity contribution is 6.29. The van der Waals surface area contributed by atoms with Crippen molar-refractivity contribution >= 4 is 28.8 Å². The molecule has 0 bridgehead atoms. The van der Waals surface area contributed by atoms with Gasteiger partial charge >= 0.3 is 0 Å². The van der Waals surface area contributed by atoms with Gasteiger partial charge in [-0.2, -0.15) is 5.10 Å². The van der Waals surface area contributed by atoms with Crippen molar-refractivity contribution in [2.45, 2.75) is 13.0 Å². The van der Waals surface area contributed by atoms with Crippen LogP contribution in [0, 0.1) is 0 Å². The summed E-state index contributed by atoms with van der Waals surface area (Å²) in [4.78, 5) is 18.7. The Kier molecular flexibility index (Phi) is 4.49. The average molecular weight is 335 g/mol. The van der Waals surface area contributed by atoms with E-state index >= 15 is 0 Å². The Morgan fingerprint density at radius 3 is 2.96 bits per heavy atom. The fourth-order valence-corrected chi connectivity index (χ4v) is 2.88. The van der Waals surface area contributed by atoms with E-state index in [1.165, 1.54) is 10.7 Å². The number of aryl methyl sites for hydroxylation is 1. The first-order valence-corrected chi connectivity index (χ1v) is 7.86. The van der Waals surface area contributed by atoms with E-state index in [0.29, 0.717) is 17.5 Å². The molecule has 0 amide bonds. The minimum Gasteiger partial charge on any atom is -0.365 e. The van der Waals surface area contributed by atoms with Crippen LogP contribution < -0.4 is 21.1 Å². The lowest BCUT2D eigenvalue weighted by atomic mass is 10.2. The van der Waals surface area contributed by atoms with Gasteiger partial charge in [-0.15, -0.1) is 0 Å². The molecule has 3 rings (SSSR count). The van der Waals surface area contributed by atoms with Gasteiger partial charge in [0.05, 0.1) is 11.9 Å². The first kappa shape index (κ1) is 15.8. The molecule has 0 aromatic carbocycles. The number of nitrogens with zero attached hydrogens (tertiary/aromatic N) is 4. The Morgan fingerprint density at radius 2 is 2.26 bits per heavy atom. The van der Waals surface area contributed by atoms with Gasteiger partial charge < -0.3 is 15.5 Å². The third-order valence-electron chi connectivity index (χ3n) is 3.88. The molecule has 3 heterocycles. The smallest absolute Gasteiger partial charge is 0.290 e. The van der Waals surface area contributed by atoms with Crippen molar-refractivity contribution in [2.24, 2.45) is 7.05 Å². The van der Waals surface area contributed by atoms with E-state index in [-0.39, 0.29) is 10.7 Å². The summed E-state index contributed by atoms with van der Waals surface area (Å²) in [5.41, 5.74) is 1.17. The Balaban J connectivity index is 1.79. The van der Waals surface area contributed by atoms with Crippen molar-refractivity contribution in [3.05, 3.63) is 39.9 Å². The van der Waals surface area contributed by atoms with Crippen LogP contribution in [0.2, 0.25) is 5.15 Å². The van der Waals surface area contributed by atoms with E-state index in [1.54, 1.807) is 7.05 Å². The highest BCUT2D eigenvalue weighted by atomic mass is 35.5. The van der Waals surface area contributed by atoms with Crippen LogP contribution in [0.3, 0.4) is 0 Å². The van der Waals surface area contributed by atoms with Crippen LogP contribution in [-0.2, 0) is 7.05 Å². The number of hydrogen-bond acceptors (Lipinski definition) is 6. The van der Waals surface area contributed by atoms with Crippen molar-refractivity contribution in [1.29, 1.82) is 0 Å². The molecule has 0 saturated carbocycles. The second kappa shape index (κ2) is 6.55. The Hall–Kier alpha value is -2.12. The Labute approximate surface area is 139 Å². The first-order valence-electron chi connectivity index (χ1n) is 7.49. The molecule has 23 heavy (non-hydrogen) atoms. The summed E-state index contributed by atoms with van der Waals surface area (Å²) in [7, 11) is 1.56. The van der Waals surface area contributed by atoms with Gasteiger partial charge in [0.15, 0.2) is 5.15 Å². The number of rotatable bonds is 3. The van der Waals surface area contributed by atoms with Crippen LogP contribution in [0.1, 0.15) is 6.92 Å². The molecule has 0 radical (unpaired) electrons. The zero-order chi connectivity index (χ0) is 16.4. The van der Waals surface area contributed by atoms with E-state index in [0.717, 1.165) is 25.3 Å². The van der Waals surface area contributed by atoms with Crippen LogP contribution in [0.15, 0.2) is 29.2 Å². The monoisotopic (exact) mass is 334 g/mol. The summed E-state index contributed by atoms with van der Waals surface area (Å²) in [5, 5.41) is 10.5. The summed E-state index contributed by atoms with van der Waals surface area (Å²) < 4.78 is 1.20. The van der Waals surface area contributed by atoms with Gasteiger partial charge in [0.25, 0.3) is 5.56 Å². The molecule has 2 aromatic rings. The molecule has 122 valence electrons. The highest BCUT2D eigenvalue weighted by Crippen LogP contribution is 2.20. The van der Waals surface area contributed by atoms with E-state index in [9.17, 15) is 4.79 Å². The molecule has 1 aliphatic rings. The lowest BCUT2D eigenvalue weighted by molar-refractivity contribution is 0.500. The summed E-state index contributed by atoms with van der Waals surface area (Å²) >= 11 is 5.89. The molecule has 2 aromatic heterocycles. The normalized spacial score (nSPS) is 18.0. The fraction of sp³-hybridized carbons (Fsp3) is 0.400. The van der Waals surface area contributed by atoms with Gasteiger partial charge in [-0.3, -0.25) is 4.79 Å². The average Bonchev–Trinajstić information content (AvgIpc) is 2.53. The number of halogens is 1. The Bertz CT molecular complexity index is 745. The first-order chi connectivity index (χ1) is 11.0. The fourth-order valence-electron chi connectivity index (χ4n) is 2.65. The molecule has 8 heteroatoms. The van der Waals surface area contributed by atoms with Gasteiger partial charge in [-0.1, -0.05) is 11.6 Å². The number of hydrogen-bond donors (Lipinski definition) is 2. The van der Waals surface area contributed by atoms with Crippen molar-refractivity contribution in [2.75, 3.05) is 29.9 Å². The number of anilines is 3. The third-order valence-corrected chi connectivity index (χ3v) is 4.06. The van der Waals surface area contributed by atoms with Gasteiger partial charge in [-0.25, -0.2) is 9.67 Å². The van der Waals surface area contributed by atoms with Crippen LogP contribution in [-0.4, -0.2) is 40.4 Å². The van der Waals surface area contributed by atoms with Crippen LogP contribution >= 0.6 is 11.6 Å². The summed E-state index contributed by atoms with van der Waals surface area (Å²) in [6.07, 6.45) is 1.82. The summed E-state index contributed by atoms with van der Waals surface area (Å²) in [6.45, 7) is 5.07. The van der Waals surface area contributed by atoms with Gasteiger partial charge in [-0.05, 0) is 19.1 Å². The zero-order valence-corrected chi connectivity index (χ0v) is 13.8. The summed E-state index contributed by atoms with van der Waals surface area (Å²) in [6, 6.07) is 5.79. The molecule has 1 fully saturated rings. The molecule has 0 aliphatic carbocycles. The predicted octanol–water partition coefficient (Wildman–Crippen LogP) is 1.37.